The van der Waals surface area contributed by atoms with E-state index in [9.17, 15) is 4.79 Å². The van der Waals surface area contributed by atoms with Crippen molar-refractivity contribution >= 4 is 5.97 Å². The minimum Gasteiger partial charge on any atom is -0.427 e. The summed E-state index contributed by atoms with van der Waals surface area (Å²) in [6.45, 7) is 9.19. The molecule has 2 fully saturated rings. The van der Waals surface area contributed by atoms with Crippen LogP contribution >= 0.6 is 0 Å². The van der Waals surface area contributed by atoms with Gasteiger partial charge in [0.2, 0.25) is 0 Å². The predicted octanol–water partition coefficient (Wildman–Crippen LogP) is 10.7. The summed E-state index contributed by atoms with van der Waals surface area (Å²) in [5.41, 5.74) is 3.40. The first-order chi connectivity index (χ1) is 17.5. The topological polar surface area (TPSA) is 26.3 Å². The second kappa shape index (κ2) is 15.2. The van der Waals surface area contributed by atoms with Gasteiger partial charge in [0.15, 0.2) is 0 Å². The maximum absolute atomic E-state index is 12.3. The van der Waals surface area contributed by atoms with E-state index in [4.69, 9.17) is 4.74 Å². The lowest BCUT2D eigenvalue weighted by Gasteiger charge is -2.47. The highest BCUT2D eigenvalue weighted by molar-refractivity contribution is 5.72. The lowest BCUT2D eigenvalue weighted by molar-refractivity contribution is -0.134. The average molecular weight is 497 g/mol. The number of ether oxygens (including phenoxy) is 1. The predicted molar refractivity (Wildman–Crippen MR) is 154 cm³/mol. The molecule has 0 amide bonds. The Balaban J connectivity index is 1.51. The first-order valence-electron chi connectivity index (χ1n) is 15.8. The van der Waals surface area contributed by atoms with Gasteiger partial charge in [0.25, 0.3) is 0 Å². The summed E-state index contributed by atoms with van der Waals surface area (Å²) >= 11 is 0. The number of benzene rings is 1. The SMILES string of the molecule is CCCCCCCC(=O)Oc1ccc(C(C)[C@H]2CC[C@H](C3(CCCCC)CCCCC3)CC2)c(C)c1. The van der Waals surface area contributed by atoms with E-state index in [0.717, 1.165) is 30.4 Å². The van der Waals surface area contributed by atoms with Gasteiger partial charge in [0.1, 0.15) is 5.75 Å². The van der Waals surface area contributed by atoms with Crippen LogP contribution in [0.1, 0.15) is 160 Å². The molecule has 1 aromatic rings. The van der Waals surface area contributed by atoms with Crippen LogP contribution in [0.25, 0.3) is 0 Å². The molecule has 2 aliphatic rings. The van der Waals surface area contributed by atoms with Gasteiger partial charge in [-0.3, -0.25) is 4.79 Å². The third-order valence-electron chi connectivity index (χ3n) is 9.92. The molecule has 2 nitrogen and oxygen atoms in total. The fourth-order valence-corrected chi connectivity index (χ4v) is 7.61. The van der Waals surface area contributed by atoms with Gasteiger partial charge in [-0.2, -0.15) is 0 Å². The van der Waals surface area contributed by atoms with Gasteiger partial charge in [0.05, 0.1) is 0 Å². The fraction of sp³-hybridized carbons (Fsp3) is 0.794. The molecular formula is C34H56O2. The number of unbranched alkanes of at least 4 members (excludes halogenated alkanes) is 6. The van der Waals surface area contributed by atoms with Crippen LogP contribution in [0.2, 0.25) is 0 Å². The molecule has 1 aromatic carbocycles. The molecule has 0 spiro atoms. The normalized spacial score (nSPS) is 22.8. The molecule has 1 unspecified atom stereocenters. The van der Waals surface area contributed by atoms with E-state index in [1.807, 2.05) is 6.07 Å². The third kappa shape index (κ3) is 8.35. The Morgan fingerprint density at radius 1 is 0.917 bits per heavy atom. The van der Waals surface area contributed by atoms with E-state index < -0.39 is 0 Å². The molecule has 204 valence electrons. The number of hydrogen-bond acceptors (Lipinski definition) is 2. The number of esters is 1. The number of rotatable bonds is 14. The Labute approximate surface area is 223 Å². The van der Waals surface area contributed by atoms with Crippen molar-refractivity contribution in [2.45, 2.75) is 156 Å². The summed E-state index contributed by atoms with van der Waals surface area (Å²) < 4.78 is 5.68. The smallest absolute Gasteiger partial charge is 0.311 e. The van der Waals surface area contributed by atoms with Crippen LogP contribution < -0.4 is 4.74 Å². The Morgan fingerprint density at radius 2 is 1.58 bits per heavy atom. The minimum atomic E-state index is -0.0828. The van der Waals surface area contributed by atoms with Crippen LogP contribution in [0.3, 0.4) is 0 Å². The Kier molecular flexibility index (Phi) is 12.3. The second-order valence-electron chi connectivity index (χ2n) is 12.4. The fourth-order valence-electron chi connectivity index (χ4n) is 7.61. The molecule has 0 bridgehead atoms. The Hall–Kier alpha value is -1.31. The molecule has 0 saturated heterocycles. The van der Waals surface area contributed by atoms with Crippen molar-refractivity contribution < 1.29 is 9.53 Å². The summed E-state index contributed by atoms with van der Waals surface area (Å²) in [5.74, 6) is 2.96. The van der Waals surface area contributed by atoms with Crippen molar-refractivity contribution in [2.75, 3.05) is 0 Å². The molecule has 2 heteroatoms. The summed E-state index contributed by atoms with van der Waals surface area (Å²) in [5, 5.41) is 0. The van der Waals surface area contributed by atoms with Crippen LogP contribution in [0.4, 0.5) is 0 Å². The minimum absolute atomic E-state index is 0.0828. The van der Waals surface area contributed by atoms with Crippen molar-refractivity contribution in [2.24, 2.45) is 17.3 Å². The maximum Gasteiger partial charge on any atom is 0.311 e. The van der Waals surface area contributed by atoms with Crippen molar-refractivity contribution in [3.8, 4) is 5.75 Å². The largest absolute Gasteiger partial charge is 0.427 e. The standard InChI is InChI=1S/C34H56O2/c1-5-7-9-10-12-16-33(35)36-31-21-22-32(27(3)26-31)28(4)29-17-19-30(20-18-29)34(23-13-8-6-2)24-14-11-15-25-34/h21-22,26,28-30H,5-20,23-25H2,1-4H3/t28?,29-,30-. The summed E-state index contributed by atoms with van der Waals surface area (Å²) in [4.78, 5) is 12.3. The number of aryl methyl sites for hydroxylation is 1. The van der Waals surface area contributed by atoms with E-state index in [1.54, 1.807) is 0 Å². The van der Waals surface area contributed by atoms with Crippen molar-refractivity contribution in [3.05, 3.63) is 29.3 Å². The monoisotopic (exact) mass is 496 g/mol. The van der Waals surface area contributed by atoms with Crippen LogP contribution in [0.5, 0.6) is 5.75 Å². The zero-order valence-corrected chi connectivity index (χ0v) is 24.2. The van der Waals surface area contributed by atoms with Crippen LogP contribution in [-0.4, -0.2) is 5.97 Å². The number of carbonyl (C=O) groups excluding carboxylic acids is 1. The molecule has 0 radical (unpaired) electrons. The first-order valence-corrected chi connectivity index (χ1v) is 15.8. The summed E-state index contributed by atoms with van der Waals surface area (Å²) in [7, 11) is 0. The first kappa shape index (κ1) is 29.2. The van der Waals surface area contributed by atoms with Crippen LogP contribution in [-0.2, 0) is 4.79 Å². The molecule has 0 aliphatic heterocycles. The van der Waals surface area contributed by atoms with Gasteiger partial charge >= 0.3 is 5.97 Å². The molecule has 2 aliphatic carbocycles. The van der Waals surface area contributed by atoms with Crippen molar-refractivity contribution in [1.82, 2.24) is 0 Å². The van der Waals surface area contributed by atoms with Gasteiger partial charge in [-0.1, -0.05) is 91.0 Å². The Bertz CT molecular complexity index is 767. The van der Waals surface area contributed by atoms with E-state index in [-0.39, 0.29) is 5.97 Å². The molecule has 36 heavy (non-hydrogen) atoms. The highest BCUT2D eigenvalue weighted by atomic mass is 16.5. The van der Waals surface area contributed by atoms with Crippen LogP contribution in [0, 0.1) is 24.2 Å². The van der Waals surface area contributed by atoms with Crippen LogP contribution in [0.15, 0.2) is 18.2 Å². The quantitative estimate of drug-likeness (QED) is 0.145. The average Bonchev–Trinajstić information content (AvgIpc) is 2.89. The number of hydrogen-bond donors (Lipinski definition) is 0. The highest BCUT2D eigenvalue weighted by Gasteiger charge is 2.41. The van der Waals surface area contributed by atoms with E-state index in [0.29, 0.717) is 17.8 Å². The molecule has 0 N–H and O–H groups in total. The molecule has 3 rings (SSSR count). The molecule has 0 aromatic heterocycles. The van der Waals surface area contributed by atoms with E-state index in [2.05, 4.69) is 39.8 Å². The van der Waals surface area contributed by atoms with Gasteiger partial charge < -0.3 is 4.74 Å². The van der Waals surface area contributed by atoms with Crippen molar-refractivity contribution in [1.29, 1.82) is 0 Å². The molecule has 1 atom stereocenters. The summed E-state index contributed by atoms with van der Waals surface area (Å²) in [6, 6.07) is 6.37. The maximum atomic E-state index is 12.3. The summed E-state index contributed by atoms with van der Waals surface area (Å²) in [6.07, 6.45) is 25.1. The second-order valence-corrected chi connectivity index (χ2v) is 12.4. The lowest BCUT2D eigenvalue weighted by Crippen LogP contribution is -2.36. The van der Waals surface area contributed by atoms with Gasteiger partial charge in [-0.05, 0) is 105 Å². The molecule has 0 heterocycles. The van der Waals surface area contributed by atoms with Gasteiger partial charge in [-0.25, -0.2) is 0 Å². The highest BCUT2D eigenvalue weighted by Crippen LogP contribution is 2.53. The van der Waals surface area contributed by atoms with E-state index in [1.165, 1.54) is 114 Å². The van der Waals surface area contributed by atoms with Gasteiger partial charge in [0, 0.05) is 6.42 Å². The lowest BCUT2D eigenvalue weighted by atomic mass is 9.58. The third-order valence-corrected chi connectivity index (χ3v) is 9.92. The zero-order valence-electron chi connectivity index (χ0n) is 24.2. The molecular weight excluding hydrogens is 440 g/mol. The van der Waals surface area contributed by atoms with Crippen molar-refractivity contribution in [3.63, 3.8) is 0 Å². The van der Waals surface area contributed by atoms with E-state index >= 15 is 0 Å². The number of carbonyl (C=O) groups is 1. The zero-order chi connectivity index (χ0) is 25.8. The Morgan fingerprint density at radius 3 is 2.25 bits per heavy atom. The van der Waals surface area contributed by atoms with Gasteiger partial charge in [-0.15, -0.1) is 0 Å². The molecule has 2 saturated carbocycles.